The average molecular weight is 270 g/mol. The summed E-state index contributed by atoms with van der Waals surface area (Å²) in [4.78, 5) is 11.1. The van der Waals surface area contributed by atoms with E-state index in [2.05, 4.69) is 21.2 Å². The Hall–Kier alpha value is -0.870. The highest BCUT2D eigenvalue weighted by Crippen LogP contribution is 2.24. The molecule has 0 bridgehead atoms. The lowest BCUT2D eigenvalue weighted by atomic mass is 10.1. The second-order valence-electron chi connectivity index (χ2n) is 3.49. The number of carbonyl (C=O) groups is 1. The van der Waals surface area contributed by atoms with Crippen LogP contribution in [0.5, 0.6) is 0 Å². The molecule has 1 heterocycles. The van der Waals surface area contributed by atoms with Crippen LogP contribution in [0.4, 0.5) is 0 Å². The molecule has 0 saturated carbocycles. The van der Waals surface area contributed by atoms with E-state index in [4.69, 9.17) is 4.74 Å². The summed E-state index contributed by atoms with van der Waals surface area (Å²) in [7, 11) is 0. The Bertz CT molecular complexity index is 367. The second kappa shape index (κ2) is 4.77. The summed E-state index contributed by atoms with van der Waals surface area (Å²) >= 11 is 3.42. The van der Waals surface area contributed by atoms with E-state index in [1.807, 2.05) is 24.3 Å². The highest BCUT2D eigenvalue weighted by Gasteiger charge is 2.17. The van der Waals surface area contributed by atoms with Gasteiger partial charge in [-0.3, -0.25) is 4.79 Å². The van der Waals surface area contributed by atoms with E-state index >= 15 is 0 Å². The van der Waals surface area contributed by atoms with Crippen molar-refractivity contribution in [2.75, 3.05) is 13.2 Å². The molecule has 0 radical (unpaired) electrons. The van der Waals surface area contributed by atoms with Crippen LogP contribution in [-0.4, -0.2) is 19.1 Å². The summed E-state index contributed by atoms with van der Waals surface area (Å²) in [6, 6.07) is 8.00. The molecule has 3 nitrogen and oxygen atoms in total. The fraction of sp³-hybridized carbons (Fsp3) is 0.364. The minimum Gasteiger partial charge on any atom is -0.364 e. The van der Waals surface area contributed by atoms with Gasteiger partial charge >= 0.3 is 0 Å². The number of nitrogens with one attached hydrogen (secondary N) is 1. The summed E-state index contributed by atoms with van der Waals surface area (Å²) in [6.45, 7) is 0.827. The van der Waals surface area contributed by atoms with Crippen molar-refractivity contribution in [1.82, 2.24) is 5.32 Å². The number of ether oxygens (including phenoxy) is 1. The Morgan fingerprint density at radius 1 is 1.47 bits per heavy atom. The first kappa shape index (κ1) is 10.6. The summed E-state index contributed by atoms with van der Waals surface area (Å²) in [5.41, 5.74) is 1.11. The topological polar surface area (TPSA) is 38.3 Å². The van der Waals surface area contributed by atoms with Gasteiger partial charge in [0.25, 0.3) is 0 Å². The zero-order chi connectivity index (χ0) is 10.7. The standard InChI is InChI=1S/C11H12BrNO2/c12-9-3-1-2-8(6-9)10-4-5-13-11(14)7-15-10/h1-3,6,10H,4-5,7H2,(H,13,14). The van der Waals surface area contributed by atoms with Gasteiger partial charge in [0.1, 0.15) is 6.61 Å². The molecule has 1 aromatic carbocycles. The molecule has 2 rings (SSSR count). The molecule has 1 aliphatic rings. The number of halogens is 1. The molecule has 1 fully saturated rings. The van der Waals surface area contributed by atoms with Gasteiger partial charge in [0.15, 0.2) is 0 Å². The van der Waals surface area contributed by atoms with E-state index < -0.39 is 0 Å². The quantitative estimate of drug-likeness (QED) is 0.847. The van der Waals surface area contributed by atoms with Crippen molar-refractivity contribution in [2.24, 2.45) is 0 Å². The van der Waals surface area contributed by atoms with Crippen molar-refractivity contribution in [3.63, 3.8) is 0 Å². The van der Waals surface area contributed by atoms with Gasteiger partial charge in [0, 0.05) is 11.0 Å². The Labute approximate surface area is 96.9 Å². The average Bonchev–Trinajstić information content (AvgIpc) is 2.43. The molecule has 1 saturated heterocycles. The van der Waals surface area contributed by atoms with Gasteiger partial charge in [-0.15, -0.1) is 0 Å². The van der Waals surface area contributed by atoms with Crippen LogP contribution in [0.15, 0.2) is 28.7 Å². The highest BCUT2D eigenvalue weighted by molar-refractivity contribution is 9.10. The van der Waals surface area contributed by atoms with Gasteiger partial charge < -0.3 is 10.1 Å². The number of amides is 1. The fourth-order valence-electron chi connectivity index (χ4n) is 1.62. The van der Waals surface area contributed by atoms with Crippen LogP contribution in [0.1, 0.15) is 18.1 Å². The minimum atomic E-state index is -0.0347. The van der Waals surface area contributed by atoms with Gasteiger partial charge in [-0.1, -0.05) is 28.1 Å². The number of hydrogen-bond donors (Lipinski definition) is 1. The Morgan fingerprint density at radius 3 is 3.13 bits per heavy atom. The number of rotatable bonds is 1. The first-order valence-electron chi connectivity index (χ1n) is 4.89. The van der Waals surface area contributed by atoms with Gasteiger partial charge in [-0.2, -0.15) is 0 Å². The summed E-state index contributed by atoms with van der Waals surface area (Å²) < 4.78 is 6.56. The predicted octanol–water partition coefficient (Wildman–Crippen LogP) is 2.03. The number of carbonyl (C=O) groups excluding carboxylic acids is 1. The maximum atomic E-state index is 11.1. The van der Waals surface area contributed by atoms with E-state index in [-0.39, 0.29) is 18.6 Å². The molecule has 0 aliphatic carbocycles. The molecule has 1 atom stereocenters. The zero-order valence-electron chi connectivity index (χ0n) is 8.20. The number of benzene rings is 1. The van der Waals surface area contributed by atoms with Crippen molar-refractivity contribution in [3.8, 4) is 0 Å². The van der Waals surface area contributed by atoms with Crippen molar-refractivity contribution < 1.29 is 9.53 Å². The van der Waals surface area contributed by atoms with Crippen LogP contribution in [0.2, 0.25) is 0 Å². The molecule has 0 spiro atoms. The van der Waals surface area contributed by atoms with Gasteiger partial charge in [0.05, 0.1) is 6.10 Å². The first-order valence-corrected chi connectivity index (χ1v) is 5.69. The van der Waals surface area contributed by atoms with E-state index in [1.165, 1.54) is 0 Å². The zero-order valence-corrected chi connectivity index (χ0v) is 9.79. The number of hydrogen-bond acceptors (Lipinski definition) is 2. The van der Waals surface area contributed by atoms with Crippen LogP contribution in [0.3, 0.4) is 0 Å². The molecule has 1 unspecified atom stereocenters. The summed E-state index contributed by atoms with van der Waals surface area (Å²) in [5, 5.41) is 2.78. The van der Waals surface area contributed by atoms with Crippen molar-refractivity contribution >= 4 is 21.8 Å². The van der Waals surface area contributed by atoms with Crippen LogP contribution >= 0.6 is 15.9 Å². The lowest BCUT2D eigenvalue weighted by Gasteiger charge is -2.14. The lowest BCUT2D eigenvalue weighted by Crippen LogP contribution is -2.24. The van der Waals surface area contributed by atoms with E-state index in [0.717, 1.165) is 16.5 Å². The molecule has 1 N–H and O–H groups in total. The molecule has 1 aromatic rings. The van der Waals surface area contributed by atoms with Crippen LogP contribution in [0, 0.1) is 0 Å². The third-order valence-electron chi connectivity index (χ3n) is 2.36. The van der Waals surface area contributed by atoms with Gasteiger partial charge in [-0.25, -0.2) is 0 Å². The van der Waals surface area contributed by atoms with Gasteiger partial charge in [0.2, 0.25) is 5.91 Å². The van der Waals surface area contributed by atoms with E-state index in [1.54, 1.807) is 0 Å². The Morgan fingerprint density at radius 2 is 2.33 bits per heavy atom. The Balaban J connectivity index is 2.13. The first-order chi connectivity index (χ1) is 7.25. The van der Waals surface area contributed by atoms with Crippen molar-refractivity contribution in [1.29, 1.82) is 0 Å². The monoisotopic (exact) mass is 269 g/mol. The van der Waals surface area contributed by atoms with Crippen LogP contribution in [-0.2, 0) is 9.53 Å². The third-order valence-corrected chi connectivity index (χ3v) is 2.86. The summed E-state index contributed by atoms with van der Waals surface area (Å²) in [6.07, 6.45) is 0.837. The SMILES string of the molecule is O=C1COC(c2cccc(Br)c2)CCN1. The third kappa shape index (κ3) is 2.79. The molecule has 80 valence electrons. The highest BCUT2D eigenvalue weighted by atomic mass is 79.9. The van der Waals surface area contributed by atoms with E-state index in [9.17, 15) is 4.79 Å². The minimum absolute atomic E-state index is 0.0152. The largest absolute Gasteiger partial charge is 0.364 e. The maximum Gasteiger partial charge on any atom is 0.246 e. The van der Waals surface area contributed by atoms with Gasteiger partial charge in [-0.05, 0) is 24.1 Å². The maximum absolute atomic E-state index is 11.1. The smallest absolute Gasteiger partial charge is 0.246 e. The fourth-order valence-corrected chi connectivity index (χ4v) is 2.04. The van der Waals surface area contributed by atoms with Crippen molar-refractivity contribution in [3.05, 3.63) is 34.3 Å². The summed E-state index contributed by atoms with van der Waals surface area (Å²) in [5.74, 6) is -0.0347. The molecular formula is C11H12BrNO2. The lowest BCUT2D eigenvalue weighted by molar-refractivity contribution is -0.125. The molecular weight excluding hydrogens is 258 g/mol. The van der Waals surface area contributed by atoms with Crippen LogP contribution in [0.25, 0.3) is 0 Å². The molecule has 15 heavy (non-hydrogen) atoms. The predicted molar refractivity (Wildman–Crippen MR) is 60.5 cm³/mol. The molecule has 0 aromatic heterocycles. The second-order valence-corrected chi connectivity index (χ2v) is 4.41. The normalized spacial score (nSPS) is 21.9. The Kier molecular flexibility index (Phi) is 3.38. The van der Waals surface area contributed by atoms with Crippen LogP contribution < -0.4 is 5.32 Å². The molecule has 1 amide bonds. The van der Waals surface area contributed by atoms with E-state index in [0.29, 0.717) is 6.54 Å². The molecule has 4 heteroatoms. The molecule has 1 aliphatic heterocycles. The van der Waals surface area contributed by atoms with Crippen molar-refractivity contribution in [2.45, 2.75) is 12.5 Å².